The summed E-state index contributed by atoms with van der Waals surface area (Å²) in [4.78, 5) is 0. The highest BCUT2D eigenvalue weighted by molar-refractivity contribution is 6.28. The Labute approximate surface area is 221 Å². The Morgan fingerprint density at radius 2 is 0.923 bits per heavy atom. The molecule has 0 bridgehead atoms. The van der Waals surface area contributed by atoms with E-state index in [-0.39, 0.29) is 0 Å². The fourth-order valence-electron chi connectivity index (χ4n) is 7.13. The number of furan rings is 1. The van der Waals surface area contributed by atoms with Crippen LogP contribution in [-0.4, -0.2) is 8.80 Å². The lowest BCUT2D eigenvalue weighted by molar-refractivity contribution is 0.673. The van der Waals surface area contributed by atoms with Crippen LogP contribution in [0.2, 0.25) is 0 Å². The molecule has 39 heavy (non-hydrogen) atoms. The van der Waals surface area contributed by atoms with E-state index in [0.29, 0.717) is 0 Å². The van der Waals surface area contributed by atoms with Gasteiger partial charge < -0.3 is 13.2 Å². The summed E-state index contributed by atoms with van der Waals surface area (Å²) in [7, 11) is 0. The lowest BCUT2D eigenvalue weighted by Crippen LogP contribution is -1.94. The van der Waals surface area contributed by atoms with Gasteiger partial charge in [-0.2, -0.15) is 0 Å². The number of nitrogens with zero attached hydrogens (tertiary/aromatic N) is 2. The first-order valence-electron chi connectivity index (χ1n) is 13.4. The van der Waals surface area contributed by atoms with Crippen LogP contribution < -0.4 is 0 Å². The molecule has 0 saturated heterocycles. The molecule has 0 amide bonds. The third-order valence-electron chi connectivity index (χ3n) is 8.64. The van der Waals surface area contributed by atoms with E-state index in [2.05, 4.69) is 124 Å². The zero-order valence-corrected chi connectivity index (χ0v) is 20.8. The minimum atomic E-state index is 0.915. The zero-order valence-electron chi connectivity index (χ0n) is 20.8. The maximum absolute atomic E-state index is 6.72. The van der Waals surface area contributed by atoms with E-state index in [9.17, 15) is 0 Å². The zero-order chi connectivity index (χ0) is 25.2. The molecule has 0 fully saturated rings. The number of fused-ring (bicyclic) bond motifs is 14. The number of rotatable bonds is 0. The van der Waals surface area contributed by atoms with Gasteiger partial charge in [0.1, 0.15) is 11.2 Å². The standard InChI is InChI=1S/C36H20N2O/c1-5-16-29-21(9-1)24-12-7-14-27-33-30(20-19-26-23-11-3-6-18-32(23)39-36(26)33)37-28-15-4-2-10-22(28)25-13-8-17-31(35(25)37)38(29)34(24)27/h1-20H. The molecule has 3 nitrogen and oxygen atoms in total. The second kappa shape index (κ2) is 6.77. The van der Waals surface area contributed by atoms with E-state index in [0.717, 1.165) is 32.8 Å². The highest BCUT2D eigenvalue weighted by Crippen LogP contribution is 2.43. The second-order valence-corrected chi connectivity index (χ2v) is 10.5. The fraction of sp³-hybridized carbons (Fsp3) is 0. The lowest BCUT2D eigenvalue weighted by Gasteiger charge is -2.11. The smallest absolute Gasteiger partial charge is 0.145 e. The van der Waals surface area contributed by atoms with Gasteiger partial charge in [-0.05, 0) is 36.4 Å². The van der Waals surface area contributed by atoms with Gasteiger partial charge in [-0.25, -0.2) is 0 Å². The van der Waals surface area contributed by atoms with Crippen molar-refractivity contribution >= 4 is 87.4 Å². The number of para-hydroxylation sites is 5. The van der Waals surface area contributed by atoms with Crippen molar-refractivity contribution in [2.24, 2.45) is 0 Å². The summed E-state index contributed by atoms with van der Waals surface area (Å²) in [5.41, 5.74) is 9.03. The van der Waals surface area contributed by atoms with Crippen LogP contribution in [0.4, 0.5) is 0 Å². The molecule has 0 unspecified atom stereocenters. The molecule has 0 aliphatic heterocycles. The molecule has 0 N–H and O–H groups in total. The average Bonchev–Trinajstić information content (AvgIpc) is 3.64. The molecule has 0 saturated carbocycles. The van der Waals surface area contributed by atoms with Crippen molar-refractivity contribution in [2.75, 3.05) is 0 Å². The minimum absolute atomic E-state index is 0.915. The van der Waals surface area contributed by atoms with Crippen LogP contribution in [0.5, 0.6) is 0 Å². The largest absolute Gasteiger partial charge is 0.455 e. The summed E-state index contributed by atoms with van der Waals surface area (Å²) < 4.78 is 11.6. The molecule has 10 rings (SSSR count). The Morgan fingerprint density at radius 3 is 1.72 bits per heavy atom. The van der Waals surface area contributed by atoms with Crippen molar-refractivity contribution in [3.05, 3.63) is 121 Å². The SMILES string of the molecule is c1ccc2c(c1)oc1c2ccc2c1c1cccc3c4ccccc4n(c4cccc5c6ccccc6n2c54)c31. The Morgan fingerprint density at radius 1 is 0.359 bits per heavy atom. The molecule has 0 spiro atoms. The van der Waals surface area contributed by atoms with Crippen LogP contribution in [-0.2, 0) is 0 Å². The lowest BCUT2D eigenvalue weighted by atomic mass is 10.0. The molecule has 0 radical (unpaired) electrons. The van der Waals surface area contributed by atoms with E-state index in [4.69, 9.17) is 4.42 Å². The minimum Gasteiger partial charge on any atom is -0.455 e. The Balaban J connectivity index is 1.70. The average molecular weight is 497 g/mol. The van der Waals surface area contributed by atoms with Crippen LogP contribution in [0.3, 0.4) is 0 Å². The summed E-state index contributed by atoms with van der Waals surface area (Å²) in [6, 6.07) is 43.9. The third-order valence-corrected chi connectivity index (χ3v) is 8.64. The monoisotopic (exact) mass is 496 g/mol. The third kappa shape index (κ3) is 2.27. The first-order chi connectivity index (χ1) is 19.4. The molecule has 0 aliphatic rings. The van der Waals surface area contributed by atoms with Crippen molar-refractivity contribution in [1.82, 2.24) is 8.80 Å². The normalized spacial score (nSPS) is 12.6. The predicted octanol–water partition coefficient (Wildman–Crippen LogP) is 9.86. The van der Waals surface area contributed by atoms with Crippen molar-refractivity contribution in [3.8, 4) is 0 Å². The first-order valence-corrected chi connectivity index (χ1v) is 13.4. The van der Waals surface area contributed by atoms with E-state index in [1.54, 1.807) is 0 Å². The number of aromatic nitrogens is 2. The highest BCUT2D eigenvalue weighted by Gasteiger charge is 2.21. The van der Waals surface area contributed by atoms with E-state index >= 15 is 0 Å². The van der Waals surface area contributed by atoms with Gasteiger partial charge >= 0.3 is 0 Å². The summed E-state index contributed by atoms with van der Waals surface area (Å²) in [6.45, 7) is 0. The van der Waals surface area contributed by atoms with Gasteiger partial charge in [-0.15, -0.1) is 0 Å². The Hall–Kier alpha value is -5.28. The molecule has 4 aromatic heterocycles. The number of hydrogen-bond donors (Lipinski definition) is 0. The van der Waals surface area contributed by atoms with E-state index < -0.39 is 0 Å². The Bertz CT molecular complexity index is 2660. The topological polar surface area (TPSA) is 22.0 Å². The maximum Gasteiger partial charge on any atom is 0.145 e. The van der Waals surface area contributed by atoms with Gasteiger partial charge in [-0.3, -0.25) is 0 Å². The van der Waals surface area contributed by atoms with Gasteiger partial charge in [0.25, 0.3) is 0 Å². The van der Waals surface area contributed by atoms with Crippen LogP contribution in [0.15, 0.2) is 126 Å². The van der Waals surface area contributed by atoms with Gasteiger partial charge in [0.2, 0.25) is 0 Å². The van der Waals surface area contributed by atoms with E-state index in [1.807, 2.05) is 6.07 Å². The van der Waals surface area contributed by atoms with Crippen molar-refractivity contribution < 1.29 is 4.42 Å². The molecular weight excluding hydrogens is 476 g/mol. The molecule has 0 aliphatic carbocycles. The maximum atomic E-state index is 6.72. The fourth-order valence-corrected chi connectivity index (χ4v) is 7.13. The van der Waals surface area contributed by atoms with Crippen LogP contribution in [0.25, 0.3) is 87.4 Å². The van der Waals surface area contributed by atoms with E-state index in [1.165, 1.54) is 54.5 Å². The first kappa shape index (κ1) is 19.8. The quantitative estimate of drug-likeness (QED) is 0.205. The van der Waals surface area contributed by atoms with Crippen LogP contribution in [0, 0.1) is 0 Å². The molecule has 10 aromatic rings. The van der Waals surface area contributed by atoms with Gasteiger partial charge in [-0.1, -0.05) is 84.9 Å². The second-order valence-electron chi connectivity index (χ2n) is 10.5. The molecule has 180 valence electrons. The summed E-state index contributed by atoms with van der Waals surface area (Å²) in [6.07, 6.45) is 0. The summed E-state index contributed by atoms with van der Waals surface area (Å²) in [5.74, 6) is 0. The predicted molar refractivity (Wildman–Crippen MR) is 163 cm³/mol. The molecule has 3 heteroatoms. The van der Waals surface area contributed by atoms with Crippen LogP contribution >= 0.6 is 0 Å². The number of benzene rings is 6. The molecule has 4 heterocycles. The van der Waals surface area contributed by atoms with Crippen molar-refractivity contribution in [1.29, 1.82) is 0 Å². The van der Waals surface area contributed by atoms with Crippen molar-refractivity contribution in [2.45, 2.75) is 0 Å². The molecule has 0 atom stereocenters. The summed E-state index contributed by atoms with van der Waals surface area (Å²) >= 11 is 0. The highest BCUT2D eigenvalue weighted by atomic mass is 16.3. The van der Waals surface area contributed by atoms with Gasteiger partial charge in [0.15, 0.2) is 0 Å². The van der Waals surface area contributed by atoms with Gasteiger partial charge in [0.05, 0.1) is 38.5 Å². The van der Waals surface area contributed by atoms with Gasteiger partial charge in [0, 0.05) is 37.7 Å². The molecular formula is C36H20N2O. The Kier molecular flexibility index (Phi) is 3.44. The molecule has 6 aromatic carbocycles. The number of hydrogen-bond acceptors (Lipinski definition) is 1. The summed E-state index contributed by atoms with van der Waals surface area (Å²) in [5, 5.41) is 9.63. The van der Waals surface area contributed by atoms with Crippen molar-refractivity contribution in [3.63, 3.8) is 0 Å². The van der Waals surface area contributed by atoms with Crippen LogP contribution in [0.1, 0.15) is 0 Å².